The van der Waals surface area contributed by atoms with Crippen molar-refractivity contribution in [1.29, 1.82) is 0 Å². The van der Waals surface area contributed by atoms with Crippen LogP contribution >= 0.6 is 0 Å². The second-order valence-electron chi connectivity index (χ2n) is 9.04. The molecule has 2 aromatic carbocycles. The SMILES string of the molecule is CCc1ccc([C@@H]2CC[C@@H](C(=O)NCCc3ccc(OC)cc3)CN2C(=O)C2CC2)cc1. The van der Waals surface area contributed by atoms with E-state index in [0.29, 0.717) is 13.1 Å². The van der Waals surface area contributed by atoms with Gasteiger partial charge >= 0.3 is 0 Å². The molecule has 1 aliphatic heterocycles. The number of piperidine rings is 1. The number of ether oxygens (including phenoxy) is 1. The number of rotatable bonds is 8. The Balaban J connectivity index is 1.36. The van der Waals surface area contributed by atoms with Crippen molar-refractivity contribution in [3.05, 3.63) is 65.2 Å². The number of methoxy groups -OCH3 is 1. The van der Waals surface area contributed by atoms with E-state index in [4.69, 9.17) is 4.74 Å². The maximum absolute atomic E-state index is 13.1. The minimum Gasteiger partial charge on any atom is -0.497 e. The second kappa shape index (κ2) is 10.2. The number of nitrogens with zero attached hydrogens (tertiary/aromatic N) is 1. The van der Waals surface area contributed by atoms with Crippen LogP contribution in [-0.4, -0.2) is 36.9 Å². The zero-order valence-electron chi connectivity index (χ0n) is 19.2. The lowest BCUT2D eigenvalue weighted by Crippen LogP contribution is -2.47. The van der Waals surface area contributed by atoms with Crippen LogP contribution in [0.1, 0.15) is 55.3 Å². The normalized spacial score (nSPS) is 20.6. The van der Waals surface area contributed by atoms with Gasteiger partial charge in [0.2, 0.25) is 11.8 Å². The lowest BCUT2D eigenvalue weighted by Gasteiger charge is -2.40. The summed E-state index contributed by atoms with van der Waals surface area (Å²) in [6.07, 6.45) is 5.39. The Morgan fingerprint density at radius 3 is 2.22 bits per heavy atom. The van der Waals surface area contributed by atoms with Crippen molar-refractivity contribution < 1.29 is 14.3 Å². The van der Waals surface area contributed by atoms with Crippen molar-refractivity contribution in [3.8, 4) is 5.75 Å². The number of benzene rings is 2. The number of carbonyl (C=O) groups excluding carboxylic acids is 2. The molecule has 2 amide bonds. The molecule has 1 saturated heterocycles. The molecule has 5 heteroatoms. The minimum atomic E-state index is -0.139. The number of nitrogens with one attached hydrogen (secondary N) is 1. The highest BCUT2D eigenvalue weighted by Gasteiger charge is 2.41. The summed E-state index contributed by atoms with van der Waals surface area (Å²) < 4.78 is 5.19. The number of hydrogen-bond acceptors (Lipinski definition) is 3. The Morgan fingerprint density at radius 1 is 0.938 bits per heavy atom. The average molecular weight is 435 g/mol. The summed E-state index contributed by atoms with van der Waals surface area (Å²) in [5.41, 5.74) is 3.66. The van der Waals surface area contributed by atoms with E-state index in [9.17, 15) is 9.59 Å². The van der Waals surface area contributed by atoms with Gasteiger partial charge in [-0.2, -0.15) is 0 Å². The fourth-order valence-electron chi connectivity index (χ4n) is 4.58. The molecule has 1 N–H and O–H groups in total. The molecule has 0 radical (unpaired) electrons. The van der Waals surface area contributed by atoms with E-state index in [2.05, 4.69) is 36.5 Å². The van der Waals surface area contributed by atoms with Gasteiger partial charge in [-0.15, -0.1) is 0 Å². The van der Waals surface area contributed by atoms with Crippen molar-refractivity contribution in [2.45, 2.75) is 51.5 Å². The summed E-state index contributed by atoms with van der Waals surface area (Å²) in [5.74, 6) is 1.14. The van der Waals surface area contributed by atoms with Crippen LogP contribution in [0.3, 0.4) is 0 Å². The maximum Gasteiger partial charge on any atom is 0.226 e. The van der Waals surface area contributed by atoms with Crippen molar-refractivity contribution in [2.24, 2.45) is 11.8 Å². The van der Waals surface area contributed by atoms with Crippen LogP contribution in [-0.2, 0) is 22.4 Å². The van der Waals surface area contributed by atoms with Gasteiger partial charge in [-0.3, -0.25) is 9.59 Å². The summed E-state index contributed by atoms with van der Waals surface area (Å²) in [6, 6.07) is 16.6. The molecule has 2 aromatic rings. The van der Waals surface area contributed by atoms with E-state index < -0.39 is 0 Å². The predicted molar refractivity (Wildman–Crippen MR) is 125 cm³/mol. The third kappa shape index (κ3) is 5.32. The largest absolute Gasteiger partial charge is 0.497 e. The molecular weight excluding hydrogens is 400 g/mol. The van der Waals surface area contributed by atoms with Crippen LogP contribution in [0.4, 0.5) is 0 Å². The topological polar surface area (TPSA) is 58.6 Å². The Hall–Kier alpha value is -2.82. The Kier molecular flexibility index (Phi) is 7.13. The predicted octanol–water partition coefficient (Wildman–Crippen LogP) is 4.31. The first-order chi connectivity index (χ1) is 15.6. The van der Waals surface area contributed by atoms with Crippen molar-refractivity contribution >= 4 is 11.8 Å². The number of amides is 2. The van der Waals surface area contributed by atoms with Crippen LogP contribution in [0.25, 0.3) is 0 Å². The van der Waals surface area contributed by atoms with Crippen molar-refractivity contribution in [2.75, 3.05) is 20.2 Å². The first kappa shape index (κ1) is 22.4. The molecule has 1 heterocycles. The van der Waals surface area contributed by atoms with E-state index in [0.717, 1.165) is 49.8 Å². The quantitative estimate of drug-likeness (QED) is 0.674. The molecule has 170 valence electrons. The summed E-state index contributed by atoms with van der Waals surface area (Å²) in [7, 11) is 1.65. The first-order valence-electron chi connectivity index (χ1n) is 11.9. The van der Waals surface area contributed by atoms with Crippen molar-refractivity contribution in [3.63, 3.8) is 0 Å². The third-order valence-electron chi connectivity index (χ3n) is 6.81. The monoisotopic (exact) mass is 434 g/mol. The van der Waals surface area contributed by atoms with E-state index in [-0.39, 0.29) is 29.7 Å². The summed E-state index contributed by atoms with van der Waals surface area (Å²) in [4.78, 5) is 28.0. The van der Waals surface area contributed by atoms with Gasteiger partial charge in [0.25, 0.3) is 0 Å². The summed E-state index contributed by atoms with van der Waals surface area (Å²) >= 11 is 0. The number of carbonyl (C=O) groups is 2. The van der Waals surface area contributed by atoms with E-state index >= 15 is 0 Å². The lowest BCUT2D eigenvalue weighted by molar-refractivity contribution is -0.140. The molecule has 0 spiro atoms. The molecule has 32 heavy (non-hydrogen) atoms. The Morgan fingerprint density at radius 2 is 1.59 bits per heavy atom. The Labute approximate surface area is 191 Å². The van der Waals surface area contributed by atoms with Gasteiger partial charge in [-0.25, -0.2) is 0 Å². The van der Waals surface area contributed by atoms with E-state index in [1.807, 2.05) is 29.2 Å². The summed E-state index contributed by atoms with van der Waals surface area (Å²) in [5, 5.41) is 3.10. The number of aryl methyl sites for hydroxylation is 1. The van der Waals surface area contributed by atoms with E-state index in [1.54, 1.807) is 7.11 Å². The standard InChI is InChI=1S/C27H34N2O3/c1-3-19-4-8-21(9-5-19)25-15-12-23(18-29(25)27(31)22-10-11-22)26(30)28-17-16-20-6-13-24(32-2)14-7-20/h4-9,13-14,22-23,25H,3,10-12,15-18H2,1-2H3,(H,28,30)/t23-,25+/m1/s1. The molecule has 1 saturated carbocycles. The fourth-order valence-corrected chi connectivity index (χ4v) is 4.58. The molecule has 5 nitrogen and oxygen atoms in total. The van der Waals surface area contributed by atoms with Crippen LogP contribution in [0, 0.1) is 11.8 Å². The molecule has 2 atom stereocenters. The van der Waals surface area contributed by atoms with Crippen LogP contribution in [0.5, 0.6) is 5.75 Å². The van der Waals surface area contributed by atoms with Crippen molar-refractivity contribution in [1.82, 2.24) is 10.2 Å². The van der Waals surface area contributed by atoms with Crippen LogP contribution in [0.15, 0.2) is 48.5 Å². The Bertz CT molecular complexity index is 919. The molecule has 4 rings (SSSR count). The molecule has 0 aromatic heterocycles. The average Bonchev–Trinajstić information content (AvgIpc) is 3.69. The van der Waals surface area contributed by atoms with Crippen LogP contribution in [0.2, 0.25) is 0 Å². The minimum absolute atomic E-state index is 0.0619. The zero-order valence-corrected chi connectivity index (χ0v) is 19.2. The third-order valence-corrected chi connectivity index (χ3v) is 6.81. The van der Waals surface area contributed by atoms with Crippen LogP contribution < -0.4 is 10.1 Å². The molecule has 0 unspecified atom stereocenters. The molecular formula is C27H34N2O3. The second-order valence-corrected chi connectivity index (χ2v) is 9.04. The van der Waals surface area contributed by atoms with Gasteiger partial charge < -0.3 is 15.0 Å². The van der Waals surface area contributed by atoms with Gasteiger partial charge in [0.15, 0.2) is 0 Å². The molecule has 1 aliphatic carbocycles. The van der Waals surface area contributed by atoms with Gasteiger partial charge in [0.05, 0.1) is 19.1 Å². The fraction of sp³-hybridized carbons (Fsp3) is 0.481. The highest BCUT2D eigenvalue weighted by Crippen LogP contribution is 2.39. The van der Waals surface area contributed by atoms with Gasteiger partial charge in [-0.1, -0.05) is 43.3 Å². The highest BCUT2D eigenvalue weighted by molar-refractivity contribution is 5.84. The smallest absolute Gasteiger partial charge is 0.226 e. The van der Waals surface area contributed by atoms with Gasteiger partial charge in [-0.05, 0) is 67.3 Å². The summed E-state index contributed by atoms with van der Waals surface area (Å²) in [6.45, 7) is 3.26. The lowest BCUT2D eigenvalue weighted by atomic mass is 9.87. The number of hydrogen-bond donors (Lipinski definition) is 1. The van der Waals surface area contributed by atoms with E-state index in [1.165, 1.54) is 11.1 Å². The molecule has 2 aliphatic rings. The zero-order chi connectivity index (χ0) is 22.5. The highest BCUT2D eigenvalue weighted by atomic mass is 16.5. The molecule has 0 bridgehead atoms. The van der Waals surface area contributed by atoms with Gasteiger partial charge in [0.1, 0.15) is 5.75 Å². The maximum atomic E-state index is 13.1. The van der Waals surface area contributed by atoms with Gasteiger partial charge in [0, 0.05) is 19.0 Å². The molecule has 2 fully saturated rings. The number of likely N-dealkylation sites (tertiary alicyclic amines) is 1. The first-order valence-corrected chi connectivity index (χ1v) is 11.9.